The van der Waals surface area contributed by atoms with E-state index >= 15 is 0 Å². The molecule has 5 heteroatoms. The van der Waals surface area contributed by atoms with E-state index in [1.165, 1.54) is 0 Å². The van der Waals surface area contributed by atoms with Crippen LogP contribution in [0.25, 0.3) is 0 Å². The summed E-state index contributed by atoms with van der Waals surface area (Å²) in [4.78, 5) is 2.10. The molecular weight excluding hydrogens is 270 g/mol. The normalized spacial score (nSPS) is 19.8. The maximum atomic E-state index is 10.5. The highest BCUT2D eigenvalue weighted by Gasteiger charge is 2.21. The quantitative estimate of drug-likeness (QED) is 0.832. The molecule has 118 valence electrons. The van der Waals surface area contributed by atoms with Gasteiger partial charge in [-0.2, -0.15) is 0 Å². The van der Waals surface area contributed by atoms with Crippen LogP contribution < -0.4 is 9.47 Å². The molecule has 1 aliphatic rings. The van der Waals surface area contributed by atoms with E-state index in [1.54, 1.807) is 14.2 Å². The number of hydrogen-bond donors (Lipinski definition) is 1. The lowest BCUT2D eigenvalue weighted by Gasteiger charge is -2.24. The van der Waals surface area contributed by atoms with Gasteiger partial charge in [0.05, 0.1) is 26.4 Å². The van der Waals surface area contributed by atoms with E-state index in [1.807, 2.05) is 25.2 Å². The molecule has 0 amide bonds. The molecule has 2 atom stereocenters. The highest BCUT2D eigenvalue weighted by molar-refractivity contribution is 5.41. The molecule has 1 N–H and O–H groups in total. The smallest absolute Gasteiger partial charge is 0.124 e. The standard InChI is InChI=1S/C16H25NO4/c1-17(10-13-5-4-8-21-13)11-15(18)14-9-12(19-2)6-7-16(14)20-3/h6-7,9,13,15,18H,4-5,8,10-11H2,1-3H3. The minimum Gasteiger partial charge on any atom is -0.497 e. The summed E-state index contributed by atoms with van der Waals surface area (Å²) in [5.41, 5.74) is 0.746. The summed E-state index contributed by atoms with van der Waals surface area (Å²) in [5, 5.41) is 10.5. The zero-order valence-electron chi connectivity index (χ0n) is 13.0. The molecule has 1 aromatic carbocycles. The van der Waals surface area contributed by atoms with E-state index in [0.29, 0.717) is 18.0 Å². The molecule has 1 aromatic rings. The summed E-state index contributed by atoms with van der Waals surface area (Å²) in [6.07, 6.45) is 1.89. The van der Waals surface area contributed by atoms with Crippen molar-refractivity contribution in [3.05, 3.63) is 23.8 Å². The van der Waals surface area contributed by atoms with E-state index in [-0.39, 0.29) is 6.10 Å². The van der Waals surface area contributed by atoms with Gasteiger partial charge in [0.2, 0.25) is 0 Å². The summed E-state index contributed by atoms with van der Waals surface area (Å²) in [6.45, 7) is 2.22. The first kappa shape index (κ1) is 16.1. The van der Waals surface area contributed by atoms with Gasteiger partial charge in [-0.25, -0.2) is 0 Å². The number of nitrogens with zero attached hydrogens (tertiary/aromatic N) is 1. The zero-order valence-corrected chi connectivity index (χ0v) is 13.0. The first-order chi connectivity index (χ1) is 10.1. The Morgan fingerprint density at radius 2 is 2.19 bits per heavy atom. The number of hydrogen-bond acceptors (Lipinski definition) is 5. The molecule has 1 aliphatic heterocycles. The van der Waals surface area contributed by atoms with Crippen LogP contribution in [0.1, 0.15) is 24.5 Å². The largest absolute Gasteiger partial charge is 0.497 e. The molecule has 0 spiro atoms. The van der Waals surface area contributed by atoms with Gasteiger partial charge in [0.25, 0.3) is 0 Å². The van der Waals surface area contributed by atoms with Gasteiger partial charge in [-0.1, -0.05) is 0 Å². The summed E-state index contributed by atoms with van der Waals surface area (Å²) in [6, 6.07) is 5.46. The third-order valence-corrected chi connectivity index (χ3v) is 3.82. The van der Waals surface area contributed by atoms with Crippen molar-refractivity contribution in [2.45, 2.75) is 25.0 Å². The number of aliphatic hydroxyl groups excluding tert-OH is 1. The first-order valence-electron chi connectivity index (χ1n) is 7.34. The first-order valence-corrected chi connectivity index (χ1v) is 7.34. The molecule has 5 nitrogen and oxygen atoms in total. The van der Waals surface area contributed by atoms with Gasteiger partial charge < -0.3 is 24.2 Å². The minimum atomic E-state index is -0.624. The summed E-state index contributed by atoms with van der Waals surface area (Å²) in [5.74, 6) is 1.39. The van der Waals surface area contributed by atoms with Gasteiger partial charge in [0, 0.05) is 25.3 Å². The van der Waals surface area contributed by atoms with E-state index in [0.717, 1.165) is 31.6 Å². The van der Waals surface area contributed by atoms with Gasteiger partial charge in [0.15, 0.2) is 0 Å². The third kappa shape index (κ3) is 4.33. The van der Waals surface area contributed by atoms with Gasteiger partial charge in [0.1, 0.15) is 11.5 Å². The summed E-state index contributed by atoms with van der Waals surface area (Å²) < 4.78 is 16.2. The van der Waals surface area contributed by atoms with E-state index in [2.05, 4.69) is 4.90 Å². The van der Waals surface area contributed by atoms with Gasteiger partial charge in [-0.05, 0) is 38.1 Å². The van der Waals surface area contributed by atoms with Crippen LogP contribution in [-0.2, 0) is 4.74 Å². The Morgan fingerprint density at radius 1 is 1.38 bits per heavy atom. The SMILES string of the molecule is COc1ccc(OC)c(C(O)CN(C)CC2CCCO2)c1. The molecule has 1 fully saturated rings. The number of likely N-dealkylation sites (N-methyl/N-ethyl adjacent to an activating group) is 1. The van der Waals surface area contributed by atoms with Crippen molar-refractivity contribution >= 4 is 0 Å². The zero-order chi connectivity index (χ0) is 15.2. The Bertz CT molecular complexity index is 446. The van der Waals surface area contributed by atoms with Crippen molar-refractivity contribution in [3.63, 3.8) is 0 Å². The van der Waals surface area contributed by atoms with Crippen LogP contribution in [-0.4, -0.2) is 57.1 Å². The summed E-state index contributed by atoms with van der Waals surface area (Å²) >= 11 is 0. The van der Waals surface area contributed by atoms with Crippen LogP contribution >= 0.6 is 0 Å². The summed E-state index contributed by atoms with van der Waals surface area (Å²) in [7, 11) is 5.22. The molecule has 1 saturated heterocycles. The Hall–Kier alpha value is -1.30. The fraction of sp³-hybridized carbons (Fsp3) is 0.625. The van der Waals surface area contributed by atoms with Crippen LogP contribution in [0.2, 0.25) is 0 Å². The molecule has 0 aliphatic carbocycles. The molecule has 1 heterocycles. The number of ether oxygens (including phenoxy) is 3. The van der Waals surface area contributed by atoms with Crippen LogP contribution in [0, 0.1) is 0 Å². The molecule has 2 unspecified atom stereocenters. The molecular formula is C16H25NO4. The number of benzene rings is 1. The Morgan fingerprint density at radius 3 is 2.81 bits per heavy atom. The van der Waals surface area contributed by atoms with Crippen molar-refractivity contribution in [2.24, 2.45) is 0 Å². The van der Waals surface area contributed by atoms with Crippen molar-refractivity contribution < 1.29 is 19.3 Å². The lowest BCUT2D eigenvalue weighted by molar-refractivity contribution is 0.0596. The van der Waals surface area contributed by atoms with Gasteiger partial charge in [-0.15, -0.1) is 0 Å². The fourth-order valence-electron chi connectivity index (χ4n) is 2.70. The minimum absolute atomic E-state index is 0.286. The Kier molecular flexibility index (Phi) is 5.85. The van der Waals surface area contributed by atoms with Gasteiger partial charge in [-0.3, -0.25) is 0 Å². The number of methoxy groups -OCH3 is 2. The maximum Gasteiger partial charge on any atom is 0.124 e. The lowest BCUT2D eigenvalue weighted by atomic mass is 10.1. The van der Waals surface area contributed by atoms with Crippen molar-refractivity contribution in [3.8, 4) is 11.5 Å². The number of rotatable bonds is 7. The van der Waals surface area contributed by atoms with Crippen molar-refractivity contribution in [2.75, 3.05) is 41.0 Å². The second kappa shape index (κ2) is 7.64. The average Bonchev–Trinajstić information content (AvgIpc) is 2.99. The van der Waals surface area contributed by atoms with Crippen LogP contribution in [0.15, 0.2) is 18.2 Å². The molecule has 0 saturated carbocycles. The highest BCUT2D eigenvalue weighted by atomic mass is 16.5. The molecule has 21 heavy (non-hydrogen) atoms. The second-order valence-corrected chi connectivity index (χ2v) is 5.48. The van der Waals surface area contributed by atoms with E-state index < -0.39 is 6.10 Å². The van der Waals surface area contributed by atoms with Crippen LogP contribution in [0.3, 0.4) is 0 Å². The predicted octanol–water partition coefficient (Wildman–Crippen LogP) is 1.85. The monoisotopic (exact) mass is 295 g/mol. The van der Waals surface area contributed by atoms with Crippen LogP contribution in [0.4, 0.5) is 0 Å². The van der Waals surface area contributed by atoms with E-state index in [9.17, 15) is 5.11 Å². The molecule has 0 bridgehead atoms. The number of aliphatic hydroxyl groups is 1. The van der Waals surface area contributed by atoms with E-state index in [4.69, 9.17) is 14.2 Å². The third-order valence-electron chi connectivity index (χ3n) is 3.82. The van der Waals surface area contributed by atoms with Gasteiger partial charge >= 0.3 is 0 Å². The topological polar surface area (TPSA) is 51.2 Å². The average molecular weight is 295 g/mol. The maximum absolute atomic E-state index is 10.5. The molecule has 0 aromatic heterocycles. The van der Waals surface area contributed by atoms with Crippen molar-refractivity contribution in [1.29, 1.82) is 0 Å². The predicted molar refractivity (Wildman–Crippen MR) is 81.0 cm³/mol. The highest BCUT2D eigenvalue weighted by Crippen LogP contribution is 2.29. The fourth-order valence-corrected chi connectivity index (χ4v) is 2.70. The Balaban J connectivity index is 1.99. The molecule has 2 rings (SSSR count). The van der Waals surface area contributed by atoms with Crippen molar-refractivity contribution in [1.82, 2.24) is 4.90 Å². The Labute approximate surface area is 126 Å². The molecule has 0 radical (unpaired) electrons. The van der Waals surface area contributed by atoms with Crippen LogP contribution in [0.5, 0.6) is 11.5 Å². The second-order valence-electron chi connectivity index (χ2n) is 5.48. The lowest BCUT2D eigenvalue weighted by Crippen LogP contribution is -2.32.